The van der Waals surface area contributed by atoms with Crippen molar-refractivity contribution in [3.63, 3.8) is 0 Å². The van der Waals surface area contributed by atoms with E-state index in [0.29, 0.717) is 10.5 Å². The number of halogens is 1. The highest BCUT2D eigenvalue weighted by Gasteiger charge is 2.20. The number of aromatic nitrogens is 2. The Hall–Kier alpha value is -1.66. The van der Waals surface area contributed by atoms with E-state index < -0.39 is 0 Å². The largest absolute Gasteiger partial charge is 0.380 e. The Bertz CT molecular complexity index is 708. The molecule has 0 spiro atoms. The molecule has 0 amide bonds. The maximum absolute atomic E-state index is 11.9. The Morgan fingerprint density at radius 1 is 1.26 bits per heavy atom. The molecule has 1 aromatic carbocycles. The molecule has 0 unspecified atom stereocenters. The molecule has 1 fully saturated rings. The summed E-state index contributed by atoms with van der Waals surface area (Å²) in [7, 11) is 1.65. The zero-order valence-electron chi connectivity index (χ0n) is 13.2. The van der Waals surface area contributed by atoms with Gasteiger partial charge in [0.1, 0.15) is 4.47 Å². The number of anilines is 1. The van der Waals surface area contributed by atoms with E-state index in [9.17, 15) is 4.79 Å². The fourth-order valence-corrected chi connectivity index (χ4v) is 3.38. The van der Waals surface area contributed by atoms with E-state index in [4.69, 9.17) is 0 Å². The lowest BCUT2D eigenvalue weighted by Crippen LogP contribution is -2.39. The topological polar surface area (TPSA) is 50.2 Å². The summed E-state index contributed by atoms with van der Waals surface area (Å²) in [5, 5.41) is 7.53. The van der Waals surface area contributed by atoms with Crippen molar-refractivity contribution in [3.05, 3.63) is 56.9 Å². The maximum atomic E-state index is 11.9. The molecule has 0 saturated carbocycles. The monoisotopic (exact) mass is 376 g/mol. The third-order valence-electron chi connectivity index (χ3n) is 4.27. The molecule has 1 aliphatic rings. The first-order chi connectivity index (χ1) is 11.1. The van der Waals surface area contributed by atoms with Crippen molar-refractivity contribution in [2.45, 2.75) is 25.4 Å². The number of aryl methyl sites for hydroxylation is 1. The van der Waals surface area contributed by atoms with Gasteiger partial charge >= 0.3 is 0 Å². The van der Waals surface area contributed by atoms with Crippen molar-refractivity contribution in [3.8, 4) is 0 Å². The van der Waals surface area contributed by atoms with Crippen molar-refractivity contribution in [2.24, 2.45) is 7.05 Å². The lowest BCUT2D eigenvalue weighted by molar-refractivity contribution is 0.211. The van der Waals surface area contributed by atoms with Crippen molar-refractivity contribution in [1.82, 2.24) is 14.7 Å². The summed E-state index contributed by atoms with van der Waals surface area (Å²) < 4.78 is 1.89. The summed E-state index contributed by atoms with van der Waals surface area (Å²) in [5.74, 6) is 0. The molecule has 1 aliphatic heterocycles. The normalized spacial score (nSPS) is 16.4. The number of piperidine rings is 1. The molecule has 2 heterocycles. The van der Waals surface area contributed by atoms with Crippen LogP contribution in [0, 0.1) is 0 Å². The van der Waals surface area contributed by atoms with E-state index in [-0.39, 0.29) is 5.56 Å². The highest BCUT2D eigenvalue weighted by molar-refractivity contribution is 9.10. The predicted molar refractivity (Wildman–Crippen MR) is 95.5 cm³/mol. The van der Waals surface area contributed by atoms with Gasteiger partial charge in [-0.25, -0.2) is 4.68 Å². The van der Waals surface area contributed by atoms with Gasteiger partial charge in [0, 0.05) is 32.7 Å². The Morgan fingerprint density at radius 3 is 2.65 bits per heavy atom. The van der Waals surface area contributed by atoms with E-state index in [0.717, 1.165) is 38.2 Å². The van der Waals surface area contributed by atoms with Gasteiger partial charge in [-0.1, -0.05) is 30.3 Å². The van der Waals surface area contributed by atoms with Crippen LogP contribution in [0.4, 0.5) is 5.69 Å². The lowest BCUT2D eigenvalue weighted by Gasteiger charge is -2.33. The molecule has 2 aromatic rings. The predicted octanol–water partition coefficient (Wildman–Crippen LogP) is 2.62. The molecular formula is C17H21BrN4O. The van der Waals surface area contributed by atoms with Crippen LogP contribution in [-0.2, 0) is 13.6 Å². The zero-order valence-corrected chi connectivity index (χ0v) is 14.8. The molecule has 5 nitrogen and oxygen atoms in total. The summed E-state index contributed by atoms with van der Waals surface area (Å²) in [6, 6.07) is 11.0. The highest BCUT2D eigenvalue weighted by atomic mass is 79.9. The molecule has 6 heteroatoms. The molecule has 1 aromatic heterocycles. The van der Waals surface area contributed by atoms with Crippen LogP contribution in [0.3, 0.4) is 0 Å². The van der Waals surface area contributed by atoms with Gasteiger partial charge in [0.2, 0.25) is 0 Å². The first-order valence-electron chi connectivity index (χ1n) is 7.88. The van der Waals surface area contributed by atoms with E-state index in [2.05, 4.69) is 61.6 Å². The third-order valence-corrected chi connectivity index (χ3v) is 5.04. The Balaban J connectivity index is 1.55. The minimum Gasteiger partial charge on any atom is -0.380 e. The summed E-state index contributed by atoms with van der Waals surface area (Å²) in [6.45, 7) is 3.12. The second kappa shape index (κ2) is 7.27. The summed E-state index contributed by atoms with van der Waals surface area (Å²) >= 11 is 3.37. The Morgan fingerprint density at radius 2 is 1.96 bits per heavy atom. The molecule has 0 atom stereocenters. The second-order valence-corrected chi connectivity index (χ2v) is 6.77. The van der Waals surface area contributed by atoms with Crippen molar-refractivity contribution in [2.75, 3.05) is 18.4 Å². The van der Waals surface area contributed by atoms with Gasteiger partial charge in [-0.3, -0.25) is 9.69 Å². The molecule has 1 saturated heterocycles. The molecule has 3 rings (SSSR count). The number of rotatable bonds is 4. The van der Waals surface area contributed by atoms with Crippen LogP contribution in [-0.4, -0.2) is 33.8 Å². The van der Waals surface area contributed by atoms with Crippen molar-refractivity contribution >= 4 is 21.6 Å². The van der Waals surface area contributed by atoms with Gasteiger partial charge in [-0.05, 0) is 34.3 Å². The maximum Gasteiger partial charge on any atom is 0.282 e. The van der Waals surface area contributed by atoms with E-state index in [1.165, 1.54) is 10.2 Å². The summed E-state index contributed by atoms with van der Waals surface area (Å²) in [4.78, 5) is 14.4. The summed E-state index contributed by atoms with van der Waals surface area (Å²) in [6.07, 6.45) is 3.84. The average Bonchev–Trinajstić information content (AvgIpc) is 2.58. The SMILES string of the molecule is Cn1ncc(NC2CCN(Cc3ccccc3)CC2)c(Br)c1=O. The van der Waals surface area contributed by atoms with E-state index in [1.807, 2.05) is 0 Å². The number of hydrogen-bond acceptors (Lipinski definition) is 4. The smallest absolute Gasteiger partial charge is 0.282 e. The fourth-order valence-electron chi connectivity index (χ4n) is 2.91. The van der Waals surface area contributed by atoms with Gasteiger partial charge in [-0.2, -0.15) is 5.10 Å². The van der Waals surface area contributed by atoms with Crippen LogP contribution in [0.25, 0.3) is 0 Å². The number of hydrogen-bond donors (Lipinski definition) is 1. The van der Waals surface area contributed by atoms with Gasteiger partial charge in [-0.15, -0.1) is 0 Å². The first-order valence-corrected chi connectivity index (χ1v) is 8.67. The second-order valence-electron chi connectivity index (χ2n) is 5.98. The zero-order chi connectivity index (χ0) is 16.2. The average molecular weight is 377 g/mol. The number of nitrogens with one attached hydrogen (secondary N) is 1. The van der Waals surface area contributed by atoms with Crippen LogP contribution >= 0.6 is 15.9 Å². The van der Waals surface area contributed by atoms with Gasteiger partial charge in [0.15, 0.2) is 0 Å². The van der Waals surface area contributed by atoms with Crippen LogP contribution in [0.2, 0.25) is 0 Å². The van der Waals surface area contributed by atoms with Gasteiger partial charge < -0.3 is 5.32 Å². The van der Waals surface area contributed by atoms with Crippen LogP contribution in [0.15, 0.2) is 45.8 Å². The number of likely N-dealkylation sites (tertiary alicyclic amines) is 1. The fraction of sp³-hybridized carbons (Fsp3) is 0.412. The Kier molecular flexibility index (Phi) is 5.13. The molecular weight excluding hydrogens is 356 g/mol. The van der Waals surface area contributed by atoms with E-state index >= 15 is 0 Å². The van der Waals surface area contributed by atoms with Gasteiger partial charge in [0.25, 0.3) is 5.56 Å². The quantitative estimate of drug-likeness (QED) is 0.890. The molecule has 1 N–H and O–H groups in total. The lowest BCUT2D eigenvalue weighted by atomic mass is 10.0. The number of benzene rings is 1. The minimum atomic E-state index is -0.114. The van der Waals surface area contributed by atoms with E-state index in [1.54, 1.807) is 13.2 Å². The molecule has 122 valence electrons. The van der Waals surface area contributed by atoms with Crippen LogP contribution < -0.4 is 10.9 Å². The molecule has 0 radical (unpaired) electrons. The van der Waals surface area contributed by atoms with Crippen molar-refractivity contribution in [1.29, 1.82) is 0 Å². The minimum absolute atomic E-state index is 0.114. The summed E-state index contributed by atoms with van der Waals surface area (Å²) in [5.41, 5.74) is 2.03. The van der Waals surface area contributed by atoms with Crippen molar-refractivity contribution < 1.29 is 0 Å². The van der Waals surface area contributed by atoms with Gasteiger partial charge in [0.05, 0.1) is 11.9 Å². The molecule has 0 aliphatic carbocycles. The first kappa shape index (κ1) is 16.2. The number of nitrogens with zero attached hydrogens (tertiary/aromatic N) is 3. The van der Waals surface area contributed by atoms with Crippen LogP contribution in [0.5, 0.6) is 0 Å². The van der Waals surface area contributed by atoms with Crippen LogP contribution in [0.1, 0.15) is 18.4 Å². The molecule has 0 bridgehead atoms. The highest BCUT2D eigenvalue weighted by Crippen LogP contribution is 2.21. The Labute approximate surface area is 144 Å². The molecule has 23 heavy (non-hydrogen) atoms. The third kappa shape index (κ3) is 4.00. The standard InChI is InChI=1S/C17H21BrN4O/c1-21-17(23)16(18)15(11-19-21)20-14-7-9-22(10-8-14)12-13-5-3-2-4-6-13/h2-6,11,14,20H,7-10,12H2,1H3.